The predicted octanol–water partition coefficient (Wildman–Crippen LogP) is 3.22. The highest BCUT2D eigenvalue weighted by Gasteiger charge is 2.12. The molecule has 26 heavy (non-hydrogen) atoms. The van der Waals surface area contributed by atoms with E-state index in [0.717, 1.165) is 25.0 Å². The first-order valence-electron chi connectivity index (χ1n) is 8.60. The van der Waals surface area contributed by atoms with Gasteiger partial charge in [0.2, 0.25) is 5.91 Å². The Morgan fingerprint density at radius 2 is 1.62 bits per heavy atom. The van der Waals surface area contributed by atoms with E-state index >= 15 is 0 Å². The van der Waals surface area contributed by atoms with E-state index in [1.807, 2.05) is 18.2 Å². The van der Waals surface area contributed by atoms with Gasteiger partial charge < -0.3 is 10.6 Å². The molecule has 6 heteroatoms. The molecule has 0 aliphatic carbocycles. The molecule has 2 rings (SSSR count). The van der Waals surface area contributed by atoms with Gasteiger partial charge in [0.25, 0.3) is 5.91 Å². The zero-order valence-corrected chi connectivity index (χ0v) is 14.4. The van der Waals surface area contributed by atoms with Crippen LogP contribution in [0.3, 0.4) is 0 Å². The lowest BCUT2D eigenvalue weighted by atomic mass is 10.1. The highest BCUT2D eigenvalue weighted by molar-refractivity contribution is 5.94. The maximum Gasteiger partial charge on any atom is 0.254 e. The van der Waals surface area contributed by atoms with Crippen LogP contribution in [0.25, 0.3) is 0 Å². The van der Waals surface area contributed by atoms with Crippen molar-refractivity contribution in [2.45, 2.75) is 25.7 Å². The van der Waals surface area contributed by atoms with E-state index in [-0.39, 0.29) is 24.4 Å². The van der Waals surface area contributed by atoms with Crippen molar-refractivity contribution in [2.24, 2.45) is 0 Å². The topological polar surface area (TPSA) is 58.2 Å². The maximum atomic E-state index is 13.5. The Hall–Kier alpha value is -2.76. The molecule has 0 aromatic heterocycles. The third kappa shape index (κ3) is 6.63. The van der Waals surface area contributed by atoms with Crippen LogP contribution in [-0.4, -0.2) is 24.9 Å². The summed E-state index contributed by atoms with van der Waals surface area (Å²) >= 11 is 0. The normalized spacial score (nSPS) is 10.4. The highest BCUT2D eigenvalue weighted by atomic mass is 19.1. The van der Waals surface area contributed by atoms with Crippen LogP contribution >= 0.6 is 0 Å². The maximum absolute atomic E-state index is 13.5. The number of halogens is 2. The standard InChI is InChI=1S/C20H22F2N2O2/c21-16-10-11-17(18(22)14-16)20(26)24-13-5-9-19(25)23-12-4-8-15-6-2-1-3-7-15/h1-3,6-7,10-11,14H,4-5,8-9,12-13H2,(H,23,25)(H,24,26). The minimum Gasteiger partial charge on any atom is -0.356 e. The Bertz CT molecular complexity index is 736. The minimum absolute atomic E-state index is 0.0831. The Labute approximate surface area is 151 Å². The van der Waals surface area contributed by atoms with Gasteiger partial charge in [0.05, 0.1) is 5.56 Å². The van der Waals surface area contributed by atoms with Gasteiger partial charge in [-0.3, -0.25) is 9.59 Å². The Balaban J connectivity index is 1.57. The number of hydrogen-bond acceptors (Lipinski definition) is 2. The van der Waals surface area contributed by atoms with Crippen LogP contribution in [0.15, 0.2) is 48.5 Å². The summed E-state index contributed by atoms with van der Waals surface area (Å²) < 4.78 is 26.3. The van der Waals surface area contributed by atoms with Crippen LogP contribution in [0.5, 0.6) is 0 Å². The van der Waals surface area contributed by atoms with E-state index in [4.69, 9.17) is 0 Å². The Kier molecular flexibility index (Phi) is 7.74. The molecule has 2 N–H and O–H groups in total. The average Bonchev–Trinajstić information content (AvgIpc) is 2.63. The summed E-state index contributed by atoms with van der Waals surface area (Å²) in [5, 5.41) is 5.36. The van der Waals surface area contributed by atoms with Gasteiger partial charge in [0.1, 0.15) is 11.6 Å². The van der Waals surface area contributed by atoms with Gasteiger partial charge in [-0.1, -0.05) is 30.3 Å². The number of aryl methyl sites for hydroxylation is 1. The third-order valence-electron chi connectivity index (χ3n) is 3.85. The number of carbonyl (C=O) groups is 2. The molecule has 0 aliphatic rings. The van der Waals surface area contributed by atoms with E-state index in [1.54, 1.807) is 0 Å². The lowest BCUT2D eigenvalue weighted by Crippen LogP contribution is -2.28. The zero-order chi connectivity index (χ0) is 18.8. The molecule has 0 heterocycles. The fraction of sp³-hybridized carbons (Fsp3) is 0.300. The van der Waals surface area contributed by atoms with Crippen molar-refractivity contribution in [1.82, 2.24) is 10.6 Å². The SMILES string of the molecule is O=C(CCCNC(=O)c1ccc(F)cc1F)NCCCc1ccccc1. The van der Waals surface area contributed by atoms with Crippen molar-refractivity contribution in [3.63, 3.8) is 0 Å². The van der Waals surface area contributed by atoms with Crippen LogP contribution in [0.2, 0.25) is 0 Å². The van der Waals surface area contributed by atoms with Gasteiger partial charge in [-0.2, -0.15) is 0 Å². The van der Waals surface area contributed by atoms with Gasteiger partial charge in [-0.05, 0) is 37.0 Å². The molecule has 0 radical (unpaired) electrons. The second-order valence-electron chi connectivity index (χ2n) is 5.92. The number of rotatable bonds is 9. The van der Waals surface area contributed by atoms with Gasteiger partial charge in [-0.15, -0.1) is 0 Å². The molecule has 2 aromatic rings. The Morgan fingerprint density at radius 3 is 2.35 bits per heavy atom. The van der Waals surface area contributed by atoms with Crippen molar-refractivity contribution >= 4 is 11.8 Å². The van der Waals surface area contributed by atoms with Gasteiger partial charge in [0.15, 0.2) is 0 Å². The molecule has 2 aromatic carbocycles. The molecule has 0 spiro atoms. The summed E-state index contributed by atoms with van der Waals surface area (Å²) in [6.45, 7) is 0.841. The average molecular weight is 360 g/mol. The van der Waals surface area contributed by atoms with E-state index in [2.05, 4.69) is 22.8 Å². The molecular weight excluding hydrogens is 338 g/mol. The van der Waals surface area contributed by atoms with Gasteiger partial charge in [-0.25, -0.2) is 8.78 Å². The number of hydrogen-bond donors (Lipinski definition) is 2. The molecule has 0 saturated carbocycles. The van der Waals surface area contributed by atoms with Crippen LogP contribution in [0, 0.1) is 11.6 Å². The predicted molar refractivity (Wildman–Crippen MR) is 95.7 cm³/mol. The van der Waals surface area contributed by atoms with Crippen molar-refractivity contribution in [3.05, 3.63) is 71.3 Å². The second kappa shape index (κ2) is 10.3. The van der Waals surface area contributed by atoms with Gasteiger partial charge in [0, 0.05) is 25.6 Å². The summed E-state index contributed by atoms with van der Waals surface area (Å²) in [6, 6.07) is 12.8. The summed E-state index contributed by atoms with van der Waals surface area (Å²) in [5.74, 6) is -2.34. The first kappa shape index (κ1) is 19.6. The molecule has 0 saturated heterocycles. The van der Waals surface area contributed by atoms with Crippen molar-refractivity contribution < 1.29 is 18.4 Å². The fourth-order valence-electron chi connectivity index (χ4n) is 2.47. The van der Waals surface area contributed by atoms with Gasteiger partial charge >= 0.3 is 0 Å². The lowest BCUT2D eigenvalue weighted by molar-refractivity contribution is -0.121. The molecule has 0 aliphatic heterocycles. The molecular formula is C20H22F2N2O2. The lowest BCUT2D eigenvalue weighted by Gasteiger charge is -2.07. The minimum atomic E-state index is -0.904. The first-order valence-corrected chi connectivity index (χ1v) is 8.60. The van der Waals surface area contributed by atoms with E-state index in [0.29, 0.717) is 19.0 Å². The smallest absolute Gasteiger partial charge is 0.254 e. The molecule has 138 valence electrons. The second-order valence-corrected chi connectivity index (χ2v) is 5.92. The summed E-state index contributed by atoms with van der Waals surface area (Å²) in [5.41, 5.74) is 1.02. The quantitative estimate of drug-likeness (QED) is 0.675. The summed E-state index contributed by atoms with van der Waals surface area (Å²) in [4.78, 5) is 23.5. The summed E-state index contributed by atoms with van der Waals surface area (Å²) in [7, 11) is 0. The molecule has 0 atom stereocenters. The van der Waals surface area contributed by atoms with E-state index in [1.165, 1.54) is 5.56 Å². The monoisotopic (exact) mass is 360 g/mol. The van der Waals surface area contributed by atoms with Crippen molar-refractivity contribution in [2.75, 3.05) is 13.1 Å². The van der Waals surface area contributed by atoms with Crippen LogP contribution in [0.1, 0.15) is 35.2 Å². The highest BCUT2D eigenvalue weighted by Crippen LogP contribution is 2.09. The van der Waals surface area contributed by atoms with Crippen LogP contribution < -0.4 is 10.6 Å². The van der Waals surface area contributed by atoms with Crippen LogP contribution in [-0.2, 0) is 11.2 Å². The first-order chi connectivity index (χ1) is 12.6. The number of amides is 2. The Morgan fingerprint density at radius 1 is 0.885 bits per heavy atom. The molecule has 4 nitrogen and oxygen atoms in total. The third-order valence-corrected chi connectivity index (χ3v) is 3.85. The number of carbonyl (C=O) groups excluding carboxylic acids is 2. The van der Waals surface area contributed by atoms with Crippen LogP contribution in [0.4, 0.5) is 8.78 Å². The van der Waals surface area contributed by atoms with E-state index in [9.17, 15) is 18.4 Å². The van der Waals surface area contributed by atoms with E-state index < -0.39 is 17.5 Å². The fourth-order valence-corrected chi connectivity index (χ4v) is 2.47. The molecule has 0 bridgehead atoms. The molecule has 2 amide bonds. The largest absolute Gasteiger partial charge is 0.356 e. The number of benzene rings is 2. The zero-order valence-electron chi connectivity index (χ0n) is 14.4. The molecule has 0 fully saturated rings. The summed E-state index contributed by atoms with van der Waals surface area (Å²) in [6.07, 6.45) is 2.48. The van der Waals surface area contributed by atoms with Crippen molar-refractivity contribution in [1.29, 1.82) is 0 Å². The molecule has 0 unspecified atom stereocenters. The van der Waals surface area contributed by atoms with Crippen molar-refractivity contribution in [3.8, 4) is 0 Å². The number of nitrogens with one attached hydrogen (secondary N) is 2.